The molecule has 0 amide bonds. The third-order valence-corrected chi connectivity index (χ3v) is 5.24. The number of hydrogen-bond donors (Lipinski definition) is 2. The van der Waals surface area contributed by atoms with Gasteiger partial charge in [-0.1, -0.05) is 6.07 Å². The Bertz CT molecular complexity index is 566. The van der Waals surface area contributed by atoms with E-state index in [1.165, 1.54) is 20.2 Å². The number of sulfonamides is 1. The second kappa shape index (κ2) is 5.99. The number of nitrogens with two attached hydrogens (primary N) is 1. The number of nitrogens with one attached hydrogen (secondary N) is 1. The first-order valence-electron chi connectivity index (χ1n) is 6.59. The van der Waals surface area contributed by atoms with Crippen LogP contribution in [0.5, 0.6) is 0 Å². The van der Waals surface area contributed by atoms with Gasteiger partial charge in [0.25, 0.3) is 0 Å². The van der Waals surface area contributed by atoms with Crippen molar-refractivity contribution in [3.8, 4) is 0 Å². The molecule has 1 atom stereocenters. The maximum absolute atomic E-state index is 12.2. The molecule has 2 rings (SSSR count). The fraction of sp³-hybridized carbons (Fsp3) is 0.538. The summed E-state index contributed by atoms with van der Waals surface area (Å²) in [5, 5.41) is 3.17. The molecule has 1 aliphatic heterocycles. The number of nitrogens with zero attached hydrogens (tertiary/aromatic N) is 1. The van der Waals surface area contributed by atoms with E-state index in [9.17, 15) is 8.42 Å². The summed E-state index contributed by atoms with van der Waals surface area (Å²) in [7, 11) is -0.556. The third kappa shape index (κ3) is 3.05. The van der Waals surface area contributed by atoms with Gasteiger partial charge in [-0.3, -0.25) is 0 Å². The predicted molar refractivity (Wildman–Crippen MR) is 79.2 cm³/mol. The summed E-state index contributed by atoms with van der Waals surface area (Å²) < 4.78 is 31.0. The highest BCUT2D eigenvalue weighted by molar-refractivity contribution is 7.89. The molecule has 0 bridgehead atoms. The Morgan fingerprint density at radius 2 is 2.20 bits per heavy atom. The van der Waals surface area contributed by atoms with Crippen LogP contribution in [0.1, 0.15) is 12.8 Å². The fourth-order valence-electron chi connectivity index (χ4n) is 2.15. The summed E-state index contributed by atoms with van der Waals surface area (Å²) in [6.07, 6.45) is 2.25. The van der Waals surface area contributed by atoms with Gasteiger partial charge in [-0.15, -0.1) is 0 Å². The van der Waals surface area contributed by atoms with E-state index in [1.807, 2.05) is 0 Å². The highest BCUT2D eigenvalue weighted by Crippen LogP contribution is 2.28. The number of anilines is 2. The molecule has 0 saturated carbocycles. The van der Waals surface area contributed by atoms with Crippen molar-refractivity contribution in [3.63, 3.8) is 0 Å². The second-order valence-electron chi connectivity index (χ2n) is 5.02. The minimum atomic E-state index is -3.53. The maximum atomic E-state index is 12.2. The van der Waals surface area contributed by atoms with Crippen molar-refractivity contribution >= 4 is 21.4 Å². The van der Waals surface area contributed by atoms with Crippen LogP contribution in [-0.4, -0.2) is 46.1 Å². The van der Waals surface area contributed by atoms with Crippen molar-refractivity contribution in [2.45, 2.75) is 23.8 Å². The lowest BCUT2D eigenvalue weighted by atomic mass is 10.2. The van der Waals surface area contributed by atoms with Gasteiger partial charge in [-0.2, -0.15) is 0 Å². The SMILES string of the molecule is CN(C)S(=O)(=O)c1cccc(NCC2CCCO2)c1N. The van der Waals surface area contributed by atoms with Gasteiger partial charge in [0.1, 0.15) is 4.90 Å². The number of rotatable bonds is 5. The summed E-state index contributed by atoms with van der Waals surface area (Å²) in [4.78, 5) is 0.125. The van der Waals surface area contributed by atoms with Crippen LogP contribution in [-0.2, 0) is 14.8 Å². The van der Waals surface area contributed by atoms with Crippen LogP contribution < -0.4 is 11.1 Å². The van der Waals surface area contributed by atoms with Crippen LogP contribution in [0.3, 0.4) is 0 Å². The van der Waals surface area contributed by atoms with E-state index in [1.54, 1.807) is 12.1 Å². The van der Waals surface area contributed by atoms with Crippen LogP contribution in [0.2, 0.25) is 0 Å². The van der Waals surface area contributed by atoms with E-state index in [4.69, 9.17) is 10.5 Å². The van der Waals surface area contributed by atoms with Crippen molar-refractivity contribution in [2.24, 2.45) is 0 Å². The van der Waals surface area contributed by atoms with E-state index in [2.05, 4.69) is 5.32 Å². The Labute approximate surface area is 120 Å². The lowest BCUT2D eigenvalue weighted by Crippen LogP contribution is -2.24. The zero-order valence-corrected chi connectivity index (χ0v) is 12.6. The molecular weight excluding hydrogens is 278 g/mol. The molecule has 0 aliphatic carbocycles. The Hall–Kier alpha value is -1.31. The Balaban J connectivity index is 2.19. The fourth-order valence-corrected chi connectivity index (χ4v) is 3.18. The van der Waals surface area contributed by atoms with Gasteiger partial charge >= 0.3 is 0 Å². The van der Waals surface area contributed by atoms with E-state index in [0.29, 0.717) is 12.2 Å². The van der Waals surface area contributed by atoms with Gasteiger partial charge in [-0.25, -0.2) is 12.7 Å². The molecule has 0 aromatic heterocycles. The van der Waals surface area contributed by atoms with Crippen molar-refractivity contribution in [1.29, 1.82) is 0 Å². The van der Waals surface area contributed by atoms with E-state index >= 15 is 0 Å². The monoisotopic (exact) mass is 299 g/mol. The lowest BCUT2D eigenvalue weighted by molar-refractivity contribution is 0.120. The van der Waals surface area contributed by atoms with Crippen molar-refractivity contribution in [3.05, 3.63) is 18.2 Å². The number of para-hydroxylation sites is 1. The lowest BCUT2D eigenvalue weighted by Gasteiger charge is -2.17. The van der Waals surface area contributed by atoms with Crippen LogP contribution >= 0.6 is 0 Å². The highest BCUT2D eigenvalue weighted by Gasteiger charge is 2.22. The number of benzene rings is 1. The summed E-state index contributed by atoms with van der Waals surface area (Å²) in [6.45, 7) is 1.42. The zero-order valence-electron chi connectivity index (χ0n) is 11.8. The molecule has 1 unspecified atom stereocenters. The smallest absolute Gasteiger partial charge is 0.244 e. The predicted octanol–water partition coefficient (Wildman–Crippen LogP) is 1.11. The van der Waals surface area contributed by atoms with Crippen molar-refractivity contribution < 1.29 is 13.2 Å². The van der Waals surface area contributed by atoms with Gasteiger partial charge in [0.2, 0.25) is 10.0 Å². The average Bonchev–Trinajstić information content (AvgIpc) is 2.90. The molecule has 0 radical (unpaired) electrons. The number of hydrogen-bond acceptors (Lipinski definition) is 5. The molecular formula is C13H21N3O3S. The van der Waals surface area contributed by atoms with Crippen LogP contribution in [0.15, 0.2) is 23.1 Å². The number of nitrogen functional groups attached to an aromatic ring is 1. The van der Waals surface area contributed by atoms with E-state index in [0.717, 1.165) is 23.8 Å². The van der Waals surface area contributed by atoms with Crippen LogP contribution in [0, 0.1) is 0 Å². The minimum Gasteiger partial charge on any atom is -0.396 e. The standard InChI is InChI=1S/C13H21N3O3S/c1-16(2)20(17,18)12-7-3-6-11(13(12)14)15-9-10-5-4-8-19-10/h3,6-7,10,15H,4-5,8-9,14H2,1-2H3. The zero-order chi connectivity index (χ0) is 14.8. The summed E-state index contributed by atoms with van der Waals surface area (Å²) in [5.74, 6) is 0. The van der Waals surface area contributed by atoms with Gasteiger partial charge in [0.15, 0.2) is 0 Å². The molecule has 1 aromatic carbocycles. The highest BCUT2D eigenvalue weighted by atomic mass is 32.2. The summed E-state index contributed by atoms with van der Waals surface area (Å²) in [5.41, 5.74) is 6.86. The molecule has 112 valence electrons. The second-order valence-corrected chi connectivity index (χ2v) is 7.14. The molecule has 1 saturated heterocycles. The van der Waals surface area contributed by atoms with Gasteiger partial charge in [-0.05, 0) is 25.0 Å². The first kappa shape index (κ1) is 15.1. The Morgan fingerprint density at radius 1 is 1.45 bits per heavy atom. The molecule has 20 heavy (non-hydrogen) atoms. The Morgan fingerprint density at radius 3 is 2.80 bits per heavy atom. The Kier molecular flexibility index (Phi) is 4.52. The topological polar surface area (TPSA) is 84.7 Å². The molecule has 1 aliphatic rings. The minimum absolute atomic E-state index is 0.125. The van der Waals surface area contributed by atoms with Crippen molar-refractivity contribution in [1.82, 2.24) is 4.31 Å². The molecule has 0 spiro atoms. The first-order valence-corrected chi connectivity index (χ1v) is 8.03. The molecule has 7 heteroatoms. The maximum Gasteiger partial charge on any atom is 0.244 e. The van der Waals surface area contributed by atoms with E-state index < -0.39 is 10.0 Å². The molecule has 6 nitrogen and oxygen atoms in total. The van der Waals surface area contributed by atoms with Crippen LogP contribution in [0.25, 0.3) is 0 Å². The largest absolute Gasteiger partial charge is 0.396 e. The van der Waals surface area contributed by atoms with Gasteiger partial charge in [0.05, 0.1) is 17.5 Å². The summed E-state index contributed by atoms with van der Waals surface area (Å²) in [6, 6.07) is 4.98. The third-order valence-electron chi connectivity index (χ3n) is 3.37. The number of ether oxygens (including phenoxy) is 1. The first-order chi connectivity index (χ1) is 9.43. The van der Waals surface area contributed by atoms with Crippen molar-refractivity contribution in [2.75, 3.05) is 38.3 Å². The van der Waals surface area contributed by atoms with Gasteiger partial charge in [0, 0.05) is 27.2 Å². The summed E-state index contributed by atoms with van der Waals surface area (Å²) >= 11 is 0. The average molecular weight is 299 g/mol. The quantitative estimate of drug-likeness (QED) is 0.796. The van der Waals surface area contributed by atoms with E-state index in [-0.39, 0.29) is 16.7 Å². The molecule has 1 aromatic rings. The molecule has 3 N–H and O–H groups in total. The molecule has 1 heterocycles. The van der Waals surface area contributed by atoms with Crippen LogP contribution in [0.4, 0.5) is 11.4 Å². The van der Waals surface area contributed by atoms with Gasteiger partial charge < -0.3 is 15.8 Å². The normalized spacial score (nSPS) is 19.4. The molecule has 1 fully saturated rings.